The molecule has 0 aliphatic carbocycles. The van der Waals surface area contributed by atoms with E-state index in [1.807, 2.05) is 0 Å². The number of halogens is 1. The standard InChI is InChI=1S/C10H9FO3/c11-9-4-2-1-3-8(9)10(12)14-6-7-5-13-7/h1-4,7H,5-6H2/t7-/m1/s1. The fraction of sp³-hybridized carbons (Fsp3) is 0.300. The molecule has 2 rings (SSSR count). The molecule has 0 N–H and O–H groups in total. The van der Waals surface area contributed by atoms with Crippen LogP contribution in [0.5, 0.6) is 0 Å². The van der Waals surface area contributed by atoms with Crippen molar-refractivity contribution < 1.29 is 18.7 Å². The van der Waals surface area contributed by atoms with Crippen LogP contribution >= 0.6 is 0 Å². The minimum atomic E-state index is -0.640. The lowest BCUT2D eigenvalue weighted by molar-refractivity contribution is 0.0471. The molecule has 1 saturated heterocycles. The second-order valence-corrected chi connectivity index (χ2v) is 3.03. The lowest BCUT2D eigenvalue weighted by Gasteiger charge is -2.02. The topological polar surface area (TPSA) is 38.8 Å². The molecule has 1 aliphatic heterocycles. The molecule has 1 aromatic rings. The predicted molar refractivity (Wildman–Crippen MR) is 46.4 cm³/mol. The van der Waals surface area contributed by atoms with Crippen molar-refractivity contribution in [2.75, 3.05) is 13.2 Å². The summed E-state index contributed by atoms with van der Waals surface area (Å²) >= 11 is 0. The Morgan fingerprint density at radius 1 is 1.57 bits per heavy atom. The van der Waals surface area contributed by atoms with Crippen LogP contribution in [0.4, 0.5) is 4.39 Å². The molecule has 0 radical (unpaired) electrons. The molecule has 0 spiro atoms. The third kappa shape index (κ3) is 2.09. The Balaban J connectivity index is 1.98. The molecule has 0 saturated carbocycles. The third-order valence-corrected chi connectivity index (χ3v) is 1.90. The summed E-state index contributed by atoms with van der Waals surface area (Å²) in [4.78, 5) is 11.3. The number of epoxide rings is 1. The summed E-state index contributed by atoms with van der Waals surface area (Å²) in [5.41, 5.74) is -0.0341. The molecule has 1 aromatic carbocycles. The van der Waals surface area contributed by atoms with Gasteiger partial charge in [0.1, 0.15) is 18.5 Å². The highest BCUT2D eigenvalue weighted by atomic mass is 19.1. The van der Waals surface area contributed by atoms with Crippen molar-refractivity contribution >= 4 is 5.97 Å². The second kappa shape index (κ2) is 3.75. The predicted octanol–water partition coefficient (Wildman–Crippen LogP) is 1.38. The van der Waals surface area contributed by atoms with E-state index in [2.05, 4.69) is 0 Å². The highest BCUT2D eigenvalue weighted by Gasteiger charge is 2.25. The van der Waals surface area contributed by atoms with E-state index < -0.39 is 11.8 Å². The number of ether oxygens (including phenoxy) is 2. The van der Waals surface area contributed by atoms with Gasteiger partial charge in [-0.2, -0.15) is 0 Å². The Morgan fingerprint density at radius 3 is 2.93 bits per heavy atom. The van der Waals surface area contributed by atoms with Crippen LogP contribution in [0.2, 0.25) is 0 Å². The molecule has 1 atom stereocenters. The molecule has 1 fully saturated rings. The number of hydrogen-bond acceptors (Lipinski definition) is 3. The molecular weight excluding hydrogens is 187 g/mol. The first-order chi connectivity index (χ1) is 6.77. The zero-order valence-corrected chi connectivity index (χ0v) is 7.40. The van der Waals surface area contributed by atoms with E-state index in [4.69, 9.17) is 9.47 Å². The smallest absolute Gasteiger partial charge is 0.341 e. The number of rotatable bonds is 3. The number of benzene rings is 1. The van der Waals surface area contributed by atoms with Gasteiger partial charge in [-0.15, -0.1) is 0 Å². The fourth-order valence-electron chi connectivity index (χ4n) is 1.04. The lowest BCUT2D eigenvalue weighted by Crippen LogP contribution is -2.11. The van der Waals surface area contributed by atoms with E-state index in [0.29, 0.717) is 6.61 Å². The second-order valence-electron chi connectivity index (χ2n) is 3.03. The monoisotopic (exact) mass is 196 g/mol. The molecule has 0 amide bonds. The summed E-state index contributed by atoms with van der Waals surface area (Å²) in [6.45, 7) is 0.817. The largest absolute Gasteiger partial charge is 0.459 e. The van der Waals surface area contributed by atoms with Crippen LogP contribution in [0, 0.1) is 5.82 Å². The molecule has 0 unspecified atom stereocenters. The molecule has 1 heterocycles. The van der Waals surface area contributed by atoms with Crippen LogP contribution in [0.15, 0.2) is 24.3 Å². The van der Waals surface area contributed by atoms with Crippen molar-refractivity contribution in [2.45, 2.75) is 6.10 Å². The Hall–Kier alpha value is -1.42. The van der Waals surface area contributed by atoms with Crippen molar-refractivity contribution in [3.8, 4) is 0 Å². The number of esters is 1. The molecule has 1 aliphatic rings. The Labute approximate surface area is 80.4 Å². The van der Waals surface area contributed by atoms with E-state index in [-0.39, 0.29) is 18.3 Å². The van der Waals surface area contributed by atoms with Crippen LogP contribution in [-0.2, 0) is 9.47 Å². The quantitative estimate of drug-likeness (QED) is 0.541. The van der Waals surface area contributed by atoms with Gasteiger partial charge in [-0.05, 0) is 12.1 Å². The summed E-state index contributed by atoms with van der Waals surface area (Å²) in [5, 5.41) is 0. The first kappa shape index (κ1) is 9.15. The zero-order chi connectivity index (χ0) is 9.97. The summed E-state index contributed by atoms with van der Waals surface area (Å²) in [6, 6.07) is 5.74. The summed E-state index contributed by atoms with van der Waals surface area (Å²) < 4.78 is 22.7. The SMILES string of the molecule is O=C(OC[C@H]1CO1)c1ccccc1F. The maximum atomic E-state index is 13.0. The Bertz CT molecular complexity index is 347. The van der Waals surface area contributed by atoms with E-state index in [9.17, 15) is 9.18 Å². The molecular formula is C10H9FO3. The molecule has 14 heavy (non-hydrogen) atoms. The van der Waals surface area contributed by atoms with E-state index >= 15 is 0 Å². The molecule has 3 nitrogen and oxygen atoms in total. The van der Waals surface area contributed by atoms with Gasteiger partial charge in [-0.25, -0.2) is 9.18 Å². The zero-order valence-electron chi connectivity index (χ0n) is 7.40. The minimum Gasteiger partial charge on any atom is -0.459 e. The van der Waals surface area contributed by atoms with Gasteiger partial charge in [0.15, 0.2) is 0 Å². The highest BCUT2D eigenvalue weighted by molar-refractivity contribution is 5.89. The number of carbonyl (C=O) groups excluding carboxylic acids is 1. The maximum absolute atomic E-state index is 13.0. The van der Waals surface area contributed by atoms with Gasteiger partial charge < -0.3 is 9.47 Å². The van der Waals surface area contributed by atoms with E-state index in [1.54, 1.807) is 6.07 Å². The first-order valence-corrected chi connectivity index (χ1v) is 4.30. The van der Waals surface area contributed by atoms with Gasteiger partial charge in [-0.3, -0.25) is 0 Å². The summed E-state index contributed by atoms with van der Waals surface area (Å²) in [7, 11) is 0. The Morgan fingerprint density at radius 2 is 2.29 bits per heavy atom. The van der Waals surface area contributed by atoms with Crippen LogP contribution < -0.4 is 0 Å². The van der Waals surface area contributed by atoms with Crippen molar-refractivity contribution in [3.63, 3.8) is 0 Å². The van der Waals surface area contributed by atoms with Gasteiger partial charge in [0.05, 0.1) is 12.2 Å². The summed E-state index contributed by atoms with van der Waals surface area (Å²) in [6.07, 6.45) is 0.00530. The van der Waals surface area contributed by atoms with Crippen molar-refractivity contribution in [1.82, 2.24) is 0 Å². The average Bonchev–Trinajstić information content (AvgIpc) is 2.98. The van der Waals surface area contributed by atoms with Crippen LogP contribution in [0.1, 0.15) is 10.4 Å². The molecule has 4 heteroatoms. The average molecular weight is 196 g/mol. The van der Waals surface area contributed by atoms with Crippen LogP contribution in [-0.4, -0.2) is 25.3 Å². The van der Waals surface area contributed by atoms with Crippen molar-refractivity contribution in [2.24, 2.45) is 0 Å². The van der Waals surface area contributed by atoms with E-state index in [0.717, 1.165) is 0 Å². The van der Waals surface area contributed by atoms with Gasteiger partial charge >= 0.3 is 5.97 Å². The van der Waals surface area contributed by atoms with Gasteiger partial charge in [0.25, 0.3) is 0 Å². The van der Waals surface area contributed by atoms with E-state index in [1.165, 1.54) is 18.2 Å². The molecule has 0 bridgehead atoms. The van der Waals surface area contributed by atoms with Gasteiger partial charge in [-0.1, -0.05) is 12.1 Å². The fourth-order valence-corrected chi connectivity index (χ4v) is 1.04. The molecule has 0 aromatic heterocycles. The highest BCUT2D eigenvalue weighted by Crippen LogP contribution is 2.12. The first-order valence-electron chi connectivity index (χ1n) is 4.30. The maximum Gasteiger partial charge on any atom is 0.341 e. The van der Waals surface area contributed by atoms with Crippen LogP contribution in [0.25, 0.3) is 0 Å². The number of hydrogen-bond donors (Lipinski definition) is 0. The van der Waals surface area contributed by atoms with Gasteiger partial charge in [0, 0.05) is 0 Å². The molecule has 74 valence electrons. The minimum absolute atomic E-state index is 0.00530. The number of carbonyl (C=O) groups is 1. The summed E-state index contributed by atoms with van der Waals surface area (Å²) in [5.74, 6) is -1.20. The Kier molecular flexibility index (Phi) is 2.45. The third-order valence-electron chi connectivity index (χ3n) is 1.90. The van der Waals surface area contributed by atoms with Crippen molar-refractivity contribution in [1.29, 1.82) is 0 Å². The lowest BCUT2D eigenvalue weighted by atomic mass is 10.2. The van der Waals surface area contributed by atoms with Crippen LogP contribution in [0.3, 0.4) is 0 Å². The van der Waals surface area contributed by atoms with Crippen molar-refractivity contribution in [3.05, 3.63) is 35.6 Å². The van der Waals surface area contributed by atoms with Gasteiger partial charge in [0.2, 0.25) is 0 Å². The normalized spacial score (nSPS) is 19.1.